The Morgan fingerprint density at radius 2 is 1.94 bits per heavy atom. The van der Waals surface area contributed by atoms with Crippen LogP contribution in [-0.2, 0) is 15.6 Å². The fourth-order valence-corrected chi connectivity index (χ4v) is 3.32. The fraction of sp³-hybridized carbons (Fsp3) is 0.364. The lowest BCUT2D eigenvalue weighted by Crippen LogP contribution is -2.27. The van der Waals surface area contributed by atoms with Gasteiger partial charge in [0.15, 0.2) is 0 Å². The highest BCUT2D eigenvalue weighted by atomic mass is 79.9. The van der Waals surface area contributed by atoms with Crippen LogP contribution in [0.5, 0.6) is 0 Å². The normalized spacial score (nSPS) is 16.4. The van der Waals surface area contributed by atoms with Crippen LogP contribution in [0.3, 0.4) is 0 Å². The summed E-state index contributed by atoms with van der Waals surface area (Å²) in [7, 11) is -1.32. The molecule has 0 fully saturated rings. The molecule has 0 amide bonds. The zero-order valence-corrected chi connectivity index (χ0v) is 11.4. The molecular weight excluding hydrogens is 292 g/mol. The molecule has 3 nitrogen and oxygen atoms in total. The topological polar surface area (TPSA) is 54.4 Å². The van der Waals surface area contributed by atoms with Crippen molar-refractivity contribution in [2.24, 2.45) is 5.92 Å². The number of carboxylic acids is 1. The van der Waals surface area contributed by atoms with Gasteiger partial charge in [0.2, 0.25) is 0 Å². The van der Waals surface area contributed by atoms with Gasteiger partial charge in [-0.15, -0.1) is 0 Å². The SMILES string of the molecule is CC(C(=O)O)C(C)S(=O)c1ccccc1Br. The highest BCUT2D eigenvalue weighted by Gasteiger charge is 2.26. The minimum atomic E-state index is -1.32. The summed E-state index contributed by atoms with van der Waals surface area (Å²) in [4.78, 5) is 11.5. The molecule has 0 aromatic heterocycles. The molecule has 0 bridgehead atoms. The van der Waals surface area contributed by atoms with Crippen LogP contribution in [0.15, 0.2) is 33.6 Å². The monoisotopic (exact) mass is 304 g/mol. The standard InChI is InChI=1S/C11H13BrO3S/c1-7(11(13)14)8(2)16(15)10-6-4-3-5-9(10)12/h3-8H,1-2H3,(H,13,14). The molecule has 88 valence electrons. The molecule has 1 aromatic rings. The molecular formula is C11H13BrO3S. The van der Waals surface area contributed by atoms with E-state index >= 15 is 0 Å². The van der Waals surface area contributed by atoms with Gasteiger partial charge in [0.05, 0.1) is 21.6 Å². The van der Waals surface area contributed by atoms with Gasteiger partial charge in [-0.1, -0.05) is 19.1 Å². The minimum absolute atomic E-state index is 0.420. The van der Waals surface area contributed by atoms with Crippen molar-refractivity contribution < 1.29 is 14.1 Å². The Morgan fingerprint density at radius 1 is 1.38 bits per heavy atom. The molecule has 3 atom stereocenters. The Hall–Kier alpha value is -0.680. The number of benzene rings is 1. The van der Waals surface area contributed by atoms with Crippen LogP contribution < -0.4 is 0 Å². The fourth-order valence-electron chi connectivity index (χ4n) is 1.19. The van der Waals surface area contributed by atoms with Gasteiger partial charge >= 0.3 is 5.97 Å². The molecule has 0 saturated heterocycles. The zero-order valence-electron chi connectivity index (χ0n) is 9.01. The number of hydrogen-bond acceptors (Lipinski definition) is 2. The largest absolute Gasteiger partial charge is 0.481 e. The number of hydrogen-bond donors (Lipinski definition) is 1. The van der Waals surface area contributed by atoms with E-state index in [0.29, 0.717) is 4.90 Å². The van der Waals surface area contributed by atoms with Gasteiger partial charge in [0, 0.05) is 9.72 Å². The Kier molecular flexibility index (Phi) is 4.68. The average Bonchev–Trinajstić information content (AvgIpc) is 2.26. The molecule has 0 radical (unpaired) electrons. The third kappa shape index (κ3) is 2.92. The van der Waals surface area contributed by atoms with Gasteiger partial charge in [-0.25, -0.2) is 0 Å². The first kappa shape index (κ1) is 13.4. The van der Waals surface area contributed by atoms with Crippen molar-refractivity contribution in [3.8, 4) is 0 Å². The summed E-state index contributed by atoms with van der Waals surface area (Å²) in [6.07, 6.45) is 0. The second-order valence-corrected chi connectivity index (χ2v) is 6.19. The van der Waals surface area contributed by atoms with Crippen LogP contribution in [-0.4, -0.2) is 20.5 Å². The molecule has 1 rings (SSSR count). The van der Waals surface area contributed by atoms with E-state index < -0.39 is 27.9 Å². The molecule has 0 saturated carbocycles. The van der Waals surface area contributed by atoms with Gasteiger partial charge in [-0.2, -0.15) is 0 Å². The molecule has 1 N–H and O–H groups in total. The number of carboxylic acid groups (broad SMARTS) is 1. The molecule has 16 heavy (non-hydrogen) atoms. The smallest absolute Gasteiger partial charge is 0.307 e. The second-order valence-electron chi connectivity index (χ2n) is 3.56. The summed E-state index contributed by atoms with van der Waals surface area (Å²) >= 11 is 3.31. The number of rotatable bonds is 4. The maximum absolute atomic E-state index is 12.1. The predicted molar refractivity (Wildman–Crippen MR) is 66.8 cm³/mol. The van der Waals surface area contributed by atoms with Gasteiger partial charge in [0.25, 0.3) is 0 Å². The lowest BCUT2D eigenvalue weighted by atomic mass is 10.1. The first-order valence-corrected chi connectivity index (χ1v) is 6.83. The summed E-state index contributed by atoms with van der Waals surface area (Å²) in [5.74, 6) is -1.55. The third-order valence-electron chi connectivity index (χ3n) is 2.48. The zero-order chi connectivity index (χ0) is 12.3. The number of aliphatic carboxylic acids is 1. The van der Waals surface area contributed by atoms with Crippen molar-refractivity contribution in [1.29, 1.82) is 0 Å². The van der Waals surface area contributed by atoms with Gasteiger partial charge < -0.3 is 5.11 Å². The second kappa shape index (κ2) is 5.59. The molecule has 0 aliphatic heterocycles. The van der Waals surface area contributed by atoms with E-state index in [1.807, 2.05) is 6.07 Å². The van der Waals surface area contributed by atoms with Crippen LogP contribution in [0.4, 0.5) is 0 Å². The maximum Gasteiger partial charge on any atom is 0.307 e. The van der Waals surface area contributed by atoms with Crippen LogP contribution in [0.25, 0.3) is 0 Å². The highest BCUT2D eigenvalue weighted by Crippen LogP contribution is 2.24. The van der Waals surface area contributed by atoms with Crippen molar-refractivity contribution in [1.82, 2.24) is 0 Å². The van der Waals surface area contributed by atoms with Gasteiger partial charge in [-0.3, -0.25) is 9.00 Å². The summed E-state index contributed by atoms with van der Waals surface area (Å²) in [6.45, 7) is 3.26. The van der Waals surface area contributed by atoms with Crippen LogP contribution >= 0.6 is 15.9 Å². The minimum Gasteiger partial charge on any atom is -0.481 e. The van der Waals surface area contributed by atoms with Crippen molar-refractivity contribution >= 4 is 32.7 Å². The summed E-state index contributed by atoms with van der Waals surface area (Å²) in [5.41, 5.74) is 0. The van der Waals surface area contributed by atoms with Gasteiger partial charge in [0.1, 0.15) is 0 Å². The lowest BCUT2D eigenvalue weighted by Gasteiger charge is -2.16. The Balaban J connectivity index is 2.95. The first-order valence-electron chi connectivity index (χ1n) is 4.83. The maximum atomic E-state index is 12.1. The first-order chi connectivity index (χ1) is 7.45. The third-order valence-corrected chi connectivity index (χ3v) is 5.31. The molecule has 1 aromatic carbocycles. The van der Waals surface area contributed by atoms with E-state index in [1.54, 1.807) is 32.0 Å². The molecule has 0 spiro atoms. The Morgan fingerprint density at radius 3 is 2.44 bits per heavy atom. The van der Waals surface area contributed by atoms with E-state index in [4.69, 9.17) is 5.11 Å². The summed E-state index contributed by atoms with van der Waals surface area (Å²) < 4.78 is 12.9. The summed E-state index contributed by atoms with van der Waals surface area (Å²) in [6, 6.07) is 7.16. The highest BCUT2D eigenvalue weighted by molar-refractivity contribution is 9.10. The summed E-state index contributed by atoms with van der Waals surface area (Å²) in [5, 5.41) is 8.45. The van der Waals surface area contributed by atoms with Crippen molar-refractivity contribution in [2.75, 3.05) is 0 Å². The van der Waals surface area contributed by atoms with E-state index in [2.05, 4.69) is 15.9 Å². The number of halogens is 1. The number of carbonyl (C=O) groups is 1. The molecule has 5 heteroatoms. The van der Waals surface area contributed by atoms with E-state index in [1.165, 1.54) is 0 Å². The van der Waals surface area contributed by atoms with Crippen LogP contribution in [0, 0.1) is 5.92 Å². The van der Waals surface area contributed by atoms with Crippen LogP contribution in [0.2, 0.25) is 0 Å². The van der Waals surface area contributed by atoms with E-state index in [0.717, 1.165) is 4.47 Å². The molecule has 3 unspecified atom stereocenters. The molecule has 0 heterocycles. The Bertz CT molecular complexity index is 419. The van der Waals surface area contributed by atoms with Crippen molar-refractivity contribution in [3.05, 3.63) is 28.7 Å². The molecule has 0 aliphatic carbocycles. The molecule has 0 aliphatic rings. The van der Waals surface area contributed by atoms with Crippen LogP contribution in [0.1, 0.15) is 13.8 Å². The van der Waals surface area contributed by atoms with E-state index in [9.17, 15) is 9.00 Å². The van der Waals surface area contributed by atoms with Crippen molar-refractivity contribution in [2.45, 2.75) is 24.0 Å². The predicted octanol–water partition coefficient (Wildman–Crippen LogP) is 2.67. The quantitative estimate of drug-likeness (QED) is 0.930. The van der Waals surface area contributed by atoms with E-state index in [-0.39, 0.29) is 0 Å². The van der Waals surface area contributed by atoms with Crippen molar-refractivity contribution in [3.63, 3.8) is 0 Å². The Labute approximate surface area is 105 Å². The average molecular weight is 305 g/mol. The van der Waals surface area contributed by atoms with Gasteiger partial charge in [-0.05, 0) is 35.0 Å². The lowest BCUT2D eigenvalue weighted by molar-refractivity contribution is -0.141.